The molecule has 12 nitrogen and oxygen atoms in total. The van der Waals surface area contributed by atoms with E-state index in [9.17, 15) is 34.5 Å². The number of carbonyl (C=O) groups excluding carboxylic acids is 3. The highest BCUT2D eigenvalue weighted by Crippen LogP contribution is 2.26. The van der Waals surface area contributed by atoms with Crippen LogP contribution in [0, 0.1) is 0 Å². The van der Waals surface area contributed by atoms with Crippen molar-refractivity contribution in [3.63, 3.8) is 0 Å². The molecule has 0 saturated carbocycles. The van der Waals surface area contributed by atoms with E-state index in [0.29, 0.717) is 25.7 Å². The first-order valence-corrected chi connectivity index (χ1v) is 32.2. The van der Waals surface area contributed by atoms with E-state index >= 15 is 0 Å². The van der Waals surface area contributed by atoms with Gasteiger partial charge in [0.1, 0.15) is 18.8 Å². The fraction of sp³-hybridized carbons (Fsp3) is 0.634. The van der Waals surface area contributed by atoms with E-state index in [2.05, 4.69) is 118 Å². The maximum Gasteiger partial charge on any atom is 0.335 e. The van der Waals surface area contributed by atoms with Gasteiger partial charge in [0.2, 0.25) is 0 Å². The average Bonchev–Trinajstić information content (AvgIpc) is 3.57. The number of aliphatic hydroxyl groups is 2. The molecule has 0 radical (unpaired) electrons. The molecular weight excluding hydrogens is 1040 g/mol. The van der Waals surface area contributed by atoms with Crippen molar-refractivity contribution in [3.8, 4) is 0 Å². The molecule has 0 bridgehead atoms. The van der Waals surface area contributed by atoms with Crippen molar-refractivity contribution in [2.24, 2.45) is 0 Å². The Bertz CT molecular complexity index is 1950. The molecule has 1 fully saturated rings. The van der Waals surface area contributed by atoms with E-state index < -0.39 is 73.9 Å². The number of carbonyl (C=O) groups is 4. The van der Waals surface area contributed by atoms with Crippen LogP contribution in [-0.4, -0.2) is 89.2 Å². The van der Waals surface area contributed by atoms with Gasteiger partial charge < -0.3 is 39.0 Å². The SMILES string of the molecule is CC/C=C\C/C=C\C/C=C\C/C=C\C/C=C\C/C=C\CCC(=O)OCC(COC1OC(C(=O)O)C(O)C(O)C1OC(=O)CCCCCCCCCCCCCCCCCCCCC)OC(=O)C/C=C\C/C=C\C/C=C\C/C=C\C/C=C\CC. The monoisotopic (exact) mass is 1160 g/mol. The topological polar surface area (TPSA) is 175 Å². The van der Waals surface area contributed by atoms with Gasteiger partial charge in [0, 0.05) is 12.8 Å². The Kier molecular flexibility index (Phi) is 52.4. The number of unbranched alkanes of at least 4 members (excludes halogenated alkanes) is 18. The highest BCUT2D eigenvalue weighted by atomic mass is 16.7. The van der Waals surface area contributed by atoms with Crippen LogP contribution in [0.15, 0.2) is 134 Å². The normalized spacial score (nSPS) is 18.5. The third kappa shape index (κ3) is 46.9. The van der Waals surface area contributed by atoms with Gasteiger partial charge in [-0.2, -0.15) is 0 Å². The standard InChI is InChI=1S/C71H112O12/c1-4-7-10-13-16-19-22-25-28-30-32-34-37-39-42-45-48-51-54-57-63(72)79-60-62(81-64(73)58-55-52-49-46-43-40-36-27-24-21-18-15-12-9-6-3)61-80-71-69(67(76)66(75)68(83-71)70(77)78)82-65(74)59-56-53-50-47-44-41-38-35-33-31-29-26-23-20-17-14-11-8-5-2/h7,9-10,12,16,18-19,21,25,27-28,32,34,36,39,42-43,46,48,51-52,55,62,66-69,71,75-76H,4-6,8,11,13-15,17,20,22-24,26,29-31,33,35,37-38,40-41,44-45,47,49-50,53-54,56-61H2,1-3H3,(H,77,78)/b10-7-,12-9-,19-16-,21-18-,28-25-,34-32-,36-27-,42-39-,46-43-,51-48-,55-52-. The van der Waals surface area contributed by atoms with Gasteiger partial charge in [0.15, 0.2) is 24.6 Å². The summed E-state index contributed by atoms with van der Waals surface area (Å²) >= 11 is 0. The lowest BCUT2D eigenvalue weighted by molar-refractivity contribution is -0.301. The van der Waals surface area contributed by atoms with Crippen LogP contribution in [-0.2, 0) is 42.9 Å². The maximum absolute atomic E-state index is 13.1. The van der Waals surface area contributed by atoms with Gasteiger partial charge in [0.05, 0.1) is 13.0 Å². The molecule has 83 heavy (non-hydrogen) atoms. The number of esters is 3. The molecule has 0 spiro atoms. The molecule has 3 N–H and O–H groups in total. The highest BCUT2D eigenvalue weighted by molar-refractivity contribution is 5.74. The number of allylic oxidation sites excluding steroid dienone is 21. The van der Waals surface area contributed by atoms with Gasteiger partial charge in [-0.15, -0.1) is 0 Å². The Morgan fingerprint density at radius 3 is 1.19 bits per heavy atom. The van der Waals surface area contributed by atoms with Crippen LogP contribution in [0.4, 0.5) is 0 Å². The van der Waals surface area contributed by atoms with Crippen LogP contribution < -0.4 is 0 Å². The number of carboxylic acid groups (broad SMARTS) is 1. The fourth-order valence-electron chi connectivity index (χ4n) is 8.94. The molecular formula is C71H112O12. The van der Waals surface area contributed by atoms with E-state index in [1.165, 1.54) is 89.9 Å². The first kappa shape index (κ1) is 75.9. The number of hydrogen-bond acceptors (Lipinski definition) is 11. The molecule has 1 saturated heterocycles. The second-order valence-corrected chi connectivity index (χ2v) is 21.3. The maximum atomic E-state index is 13.1. The molecule has 1 rings (SSSR count). The predicted molar refractivity (Wildman–Crippen MR) is 340 cm³/mol. The molecule has 468 valence electrons. The zero-order valence-corrected chi connectivity index (χ0v) is 51.6. The molecule has 0 amide bonds. The summed E-state index contributed by atoms with van der Waals surface area (Å²) in [6.45, 7) is 5.63. The van der Waals surface area contributed by atoms with Crippen LogP contribution in [0.2, 0.25) is 0 Å². The number of rotatable bonds is 53. The van der Waals surface area contributed by atoms with E-state index in [0.717, 1.165) is 83.5 Å². The third-order valence-corrected chi connectivity index (χ3v) is 13.8. The summed E-state index contributed by atoms with van der Waals surface area (Å²) in [7, 11) is 0. The van der Waals surface area contributed by atoms with E-state index in [4.69, 9.17) is 23.7 Å². The first-order valence-electron chi connectivity index (χ1n) is 32.2. The van der Waals surface area contributed by atoms with Crippen molar-refractivity contribution in [1.29, 1.82) is 0 Å². The Morgan fingerprint density at radius 1 is 0.422 bits per heavy atom. The largest absolute Gasteiger partial charge is 0.479 e. The summed E-state index contributed by atoms with van der Waals surface area (Å²) in [4.78, 5) is 51.2. The van der Waals surface area contributed by atoms with Gasteiger partial charge >= 0.3 is 23.9 Å². The van der Waals surface area contributed by atoms with Gasteiger partial charge in [-0.05, 0) is 83.5 Å². The molecule has 6 unspecified atom stereocenters. The van der Waals surface area contributed by atoms with Crippen molar-refractivity contribution >= 4 is 23.9 Å². The lowest BCUT2D eigenvalue weighted by atomic mass is 9.98. The second kappa shape index (κ2) is 57.3. The summed E-state index contributed by atoms with van der Waals surface area (Å²) in [6.07, 6.45) is 68.9. The summed E-state index contributed by atoms with van der Waals surface area (Å²) in [5.74, 6) is -3.41. The molecule has 6 atom stereocenters. The molecule has 0 aromatic rings. The van der Waals surface area contributed by atoms with Gasteiger partial charge in [-0.1, -0.05) is 270 Å². The summed E-state index contributed by atoms with van der Waals surface area (Å²) in [5.41, 5.74) is 0. The fourth-order valence-corrected chi connectivity index (χ4v) is 8.94. The Balaban J connectivity index is 2.74. The van der Waals surface area contributed by atoms with Crippen molar-refractivity contribution < 1.29 is 58.2 Å². The molecule has 0 aromatic carbocycles. The minimum absolute atomic E-state index is 0.0395. The minimum Gasteiger partial charge on any atom is -0.479 e. The Labute approximate surface area is 502 Å². The second-order valence-electron chi connectivity index (χ2n) is 21.3. The number of aliphatic hydroxyl groups excluding tert-OH is 2. The molecule has 0 aromatic heterocycles. The highest BCUT2D eigenvalue weighted by Gasteiger charge is 2.50. The van der Waals surface area contributed by atoms with Crippen molar-refractivity contribution in [3.05, 3.63) is 134 Å². The number of hydrogen-bond donors (Lipinski definition) is 3. The lowest BCUT2D eigenvalue weighted by Crippen LogP contribution is -2.61. The van der Waals surface area contributed by atoms with Crippen molar-refractivity contribution in [1.82, 2.24) is 0 Å². The average molecular weight is 1160 g/mol. The molecule has 1 aliphatic heterocycles. The van der Waals surface area contributed by atoms with Gasteiger partial charge in [-0.25, -0.2) is 4.79 Å². The molecule has 1 heterocycles. The van der Waals surface area contributed by atoms with E-state index in [1.54, 1.807) is 6.08 Å². The summed E-state index contributed by atoms with van der Waals surface area (Å²) < 4.78 is 28.3. The number of aliphatic carboxylic acids is 1. The van der Waals surface area contributed by atoms with Crippen LogP contribution >= 0.6 is 0 Å². The Morgan fingerprint density at radius 2 is 0.795 bits per heavy atom. The van der Waals surface area contributed by atoms with Crippen molar-refractivity contribution in [2.45, 2.75) is 276 Å². The lowest BCUT2D eigenvalue weighted by Gasteiger charge is -2.40. The zero-order valence-electron chi connectivity index (χ0n) is 51.6. The molecule has 1 aliphatic rings. The zero-order chi connectivity index (χ0) is 60.3. The summed E-state index contributed by atoms with van der Waals surface area (Å²) in [6, 6.07) is 0. The van der Waals surface area contributed by atoms with E-state index in [-0.39, 0.29) is 19.3 Å². The predicted octanol–water partition coefficient (Wildman–Crippen LogP) is 17.3. The Hall–Kier alpha value is -5.14. The van der Waals surface area contributed by atoms with Gasteiger partial charge in [-0.3, -0.25) is 14.4 Å². The number of ether oxygens (including phenoxy) is 5. The smallest absolute Gasteiger partial charge is 0.335 e. The third-order valence-electron chi connectivity index (χ3n) is 13.8. The van der Waals surface area contributed by atoms with E-state index in [1.807, 2.05) is 30.4 Å². The first-order chi connectivity index (χ1) is 40.6. The van der Waals surface area contributed by atoms with Crippen LogP contribution in [0.1, 0.15) is 239 Å². The van der Waals surface area contributed by atoms with Crippen LogP contribution in [0.3, 0.4) is 0 Å². The van der Waals surface area contributed by atoms with Crippen LogP contribution in [0.5, 0.6) is 0 Å². The quantitative estimate of drug-likeness (QED) is 0.0228. The molecule has 12 heteroatoms. The van der Waals surface area contributed by atoms with Gasteiger partial charge in [0.25, 0.3) is 0 Å². The van der Waals surface area contributed by atoms with Crippen LogP contribution in [0.25, 0.3) is 0 Å². The van der Waals surface area contributed by atoms with Crippen molar-refractivity contribution in [2.75, 3.05) is 13.2 Å². The molecule has 0 aliphatic carbocycles. The minimum atomic E-state index is -1.93. The summed E-state index contributed by atoms with van der Waals surface area (Å²) in [5, 5.41) is 31.6. The number of carboxylic acids is 1.